The Balaban J connectivity index is 2.04. The molecule has 0 radical (unpaired) electrons. The van der Waals surface area contributed by atoms with Gasteiger partial charge >= 0.3 is 0 Å². The number of hydrogen-bond acceptors (Lipinski definition) is 1. The Morgan fingerprint density at radius 2 is 1.78 bits per heavy atom. The van der Waals surface area contributed by atoms with Gasteiger partial charge in [-0.15, -0.1) is 0 Å². The van der Waals surface area contributed by atoms with Crippen LogP contribution in [-0.2, 0) is 12.3 Å². The number of rotatable bonds is 7. The highest BCUT2D eigenvalue weighted by atomic mass is 19.3. The van der Waals surface area contributed by atoms with Crippen molar-refractivity contribution in [2.24, 2.45) is 5.92 Å². The van der Waals surface area contributed by atoms with E-state index >= 15 is 0 Å². The molecule has 0 aliphatic heterocycles. The van der Waals surface area contributed by atoms with Gasteiger partial charge in [-0.3, -0.25) is 0 Å². The van der Waals surface area contributed by atoms with E-state index < -0.39 is 34.8 Å². The molecule has 0 aromatic heterocycles. The van der Waals surface area contributed by atoms with E-state index in [1.807, 2.05) is 0 Å². The number of unbranched alkanes of at least 4 members (excludes halogenated alkanes) is 5. The van der Waals surface area contributed by atoms with E-state index in [4.69, 9.17) is 0 Å². The number of fused-ring (bicyclic) bond motifs is 1. The fraction of sp³-hybridized carbons (Fsp3) is 0.667. The van der Waals surface area contributed by atoms with Crippen LogP contribution in [0.15, 0.2) is 6.07 Å². The van der Waals surface area contributed by atoms with Crippen LogP contribution in [0, 0.1) is 17.6 Å². The molecule has 1 aliphatic carbocycles. The molecule has 1 aliphatic rings. The number of halogens is 4. The minimum atomic E-state index is -3.22. The molecule has 23 heavy (non-hydrogen) atoms. The minimum absolute atomic E-state index is 0.145. The zero-order valence-electron chi connectivity index (χ0n) is 13.5. The summed E-state index contributed by atoms with van der Waals surface area (Å²) in [5, 5.41) is 9.59. The van der Waals surface area contributed by atoms with Crippen LogP contribution in [0.5, 0.6) is 5.75 Å². The highest BCUT2D eigenvalue weighted by molar-refractivity contribution is 5.45. The Morgan fingerprint density at radius 1 is 1.13 bits per heavy atom. The van der Waals surface area contributed by atoms with Crippen molar-refractivity contribution in [3.8, 4) is 5.75 Å². The van der Waals surface area contributed by atoms with Gasteiger partial charge in [0.1, 0.15) is 0 Å². The van der Waals surface area contributed by atoms with E-state index in [0.717, 1.165) is 38.5 Å². The van der Waals surface area contributed by atoms with Crippen LogP contribution in [0.4, 0.5) is 17.6 Å². The normalized spacial score (nSPS) is 19.6. The molecule has 0 heterocycles. The number of phenols is 1. The van der Waals surface area contributed by atoms with E-state index in [1.165, 1.54) is 0 Å². The molecule has 0 saturated heterocycles. The summed E-state index contributed by atoms with van der Waals surface area (Å²) in [7, 11) is 0. The number of alkyl halides is 2. The number of phenolic OH excluding ortho intramolecular Hbond substituents is 1. The molecule has 1 aromatic rings. The molecule has 1 N–H and O–H groups in total. The van der Waals surface area contributed by atoms with Crippen molar-refractivity contribution < 1.29 is 22.7 Å². The molecule has 130 valence electrons. The minimum Gasteiger partial charge on any atom is -0.505 e. The smallest absolute Gasteiger partial charge is 0.276 e. The molecule has 1 aromatic carbocycles. The number of benzene rings is 1. The van der Waals surface area contributed by atoms with Gasteiger partial charge in [-0.05, 0) is 25.3 Å². The van der Waals surface area contributed by atoms with Gasteiger partial charge in [0, 0.05) is 17.0 Å². The van der Waals surface area contributed by atoms with Crippen LogP contribution in [-0.4, -0.2) is 5.11 Å². The summed E-state index contributed by atoms with van der Waals surface area (Å²) in [6.07, 6.45) is 6.83. The summed E-state index contributed by atoms with van der Waals surface area (Å²) < 4.78 is 55.9. The second-order valence-electron chi connectivity index (χ2n) is 6.46. The van der Waals surface area contributed by atoms with Crippen molar-refractivity contribution in [2.75, 3.05) is 0 Å². The van der Waals surface area contributed by atoms with Gasteiger partial charge in [-0.25, -0.2) is 13.2 Å². The number of hydrogen-bond donors (Lipinski definition) is 1. The van der Waals surface area contributed by atoms with Crippen molar-refractivity contribution in [3.05, 3.63) is 28.8 Å². The summed E-state index contributed by atoms with van der Waals surface area (Å²) in [6.45, 7) is 2.12. The molecule has 0 spiro atoms. The third kappa shape index (κ3) is 3.81. The Bertz CT molecular complexity index is 542. The Kier molecular flexibility index (Phi) is 5.93. The predicted octanol–water partition coefficient (Wildman–Crippen LogP) is 6.08. The van der Waals surface area contributed by atoms with Crippen molar-refractivity contribution in [1.82, 2.24) is 0 Å². The molecule has 1 nitrogen and oxygen atoms in total. The molecule has 0 fully saturated rings. The van der Waals surface area contributed by atoms with Gasteiger partial charge in [0.15, 0.2) is 11.6 Å². The standard InChI is InChI=1S/C18H24F4O/c1-2-3-4-5-6-7-8-12-9-10-13-14(18(12,21)22)11-15(19)16(20)17(13)23/h11-12,23H,2-10H2,1H3. The lowest BCUT2D eigenvalue weighted by molar-refractivity contribution is -0.0797. The van der Waals surface area contributed by atoms with Crippen molar-refractivity contribution in [3.63, 3.8) is 0 Å². The van der Waals surface area contributed by atoms with Crippen LogP contribution in [0.25, 0.3) is 0 Å². The molecular formula is C18H24F4O. The van der Waals surface area contributed by atoms with Crippen LogP contribution in [0.3, 0.4) is 0 Å². The zero-order valence-corrected chi connectivity index (χ0v) is 13.5. The molecule has 0 saturated carbocycles. The maximum absolute atomic E-state index is 14.6. The summed E-state index contributed by atoms with van der Waals surface area (Å²) in [4.78, 5) is 0. The lowest BCUT2D eigenvalue weighted by atomic mass is 9.77. The third-order valence-electron chi connectivity index (χ3n) is 4.82. The lowest BCUT2D eigenvalue weighted by Crippen LogP contribution is -2.32. The predicted molar refractivity (Wildman–Crippen MR) is 81.7 cm³/mol. The van der Waals surface area contributed by atoms with Gasteiger partial charge in [0.2, 0.25) is 5.82 Å². The average Bonchev–Trinajstić information content (AvgIpc) is 2.51. The van der Waals surface area contributed by atoms with Crippen LogP contribution in [0.2, 0.25) is 0 Å². The van der Waals surface area contributed by atoms with E-state index in [2.05, 4.69) is 6.92 Å². The van der Waals surface area contributed by atoms with Gasteiger partial charge in [0.05, 0.1) is 0 Å². The van der Waals surface area contributed by atoms with E-state index in [-0.39, 0.29) is 18.4 Å². The topological polar surface area (TPSA) is 20.2 Å². The first-order valence-corrected chi connectivity index (χ1v) is 8.47. The first-order chi connectivity index (χ1) is 10.9. The number of aromatic hydroxyl groups is 1. The monoisotopic (exact) mass is 332 g/mol. The summed E-state index contributed by atoms with van der Waals surface area (Å²) >= 11 is 0. The quantitative estimate of drug-likeness (QED) is 0.474. The average molecular weight is 332 g/mol. The second-order valence-corrected chi connectivity index (χ2v) is 6.46. The summed E-state index contributed by atoms with van der Waals surface area (Å²) in [5.74, 6) is -7.90. The fourth-order valence-electron chi connectivity index (χ4n) is 3.42. The summed E-state index contributed by atoms with van der Waals surface area (Å²) in [6, 6.07) is 0.553. The van der Waals surface area contributed by atoms with E-state index in [9.17, 15) is 22.7 Å². The van der Waals surface area contributed by atoms with Gasteiger partial charge in [-0.2, -0.15) is 4.39 Å². The molecule has 5 heteroatoms. The van der Waals surface area contributed by atoms with Gasteiger partial charge in [-0.1, -0.05) is 45.4 Å². The molecular weight excluding hydrogens is 308 g/mol. The molecule has 2 rings (SSSR count). The van der Waals surface area contributed by atoms with E-state index in [0.29, 0.717) is 12.5 Å². The van der Waals surface area contributed by atoms with Crippen LogP contribution in [0.1, 0.15) is 69.4 Å². The Morgan fingerprint density at radius 3 is 2.48 bits per heavy atom. The first kappa shape index (κ1) is 18.1. The highest BCUT2D eigenvalue weighted by Gasteiger charge is 2.46. The third-order valence-corrected chi connectivity index (χ3v) is 4.82. The van der Waals surface area contributed by atoms with Crippen molar-refractivity contribution >= 4 is 0 Å². The fourth-order valence-corrected chi connectivity index (χ4v) is 3.42. The van der Waals surface area contributed by atoms with Gasteiger partial charge in [0.25, 0.3) is 5.92 Å². The van der Waals surface area contributed by atoms with Crippen molar-refractivity contribution in [2.45, 2.75) is 70.6 Å². The molecule has 0 amide bonds. The summed E-state index contributed by atoms with van der Waals surface area (Å²) in [5.41, 5.74) is -0.691. The molecule has 1 atom stereocenters. The maximum atomic E-state index is 14.6. The lowest BCUT2D eigenvalue weighted by Gasteiger charge is -2.34. The van der Waals surface area contributed by atoms with Crippen molar-refractivity contribution in [1.29, 1.82) is 0 Å². The maximum Gasteiger partial charge on any atom is 0.276 e. The van der Waals surface area contributed by atoms with Crippen LogP contribution >= 0.6 is 0 Å². The molecule has 1 unspecified atom stereocenters. The van der Waals surface area contributed by atoms with E-state index in [1.54, 1.807) is 0 Å². The Hall–Kier alpha value is -1.26. The molecule has 0 bridgehead atoms. The Labute approximate surface area is 134 Å². The van der Waals surface area contributed by atoms with Gasteiger partial charge < -0.3 is 5.11 Å². The zero-order chi connectivity index (χ0) is 17.0. The second kappa shape index (κ2) is 7.54. The largest absolute Gasteiger partial charge is 0.505 e. The SMILES string of the molecule is CCCCCCCCC1CCc2c(cc(F)c(F)c2O)C1(F)F. The highest BCUT2D eigenvalue weighted by Crippen LogP contribution is 2.49. The first-order valence-electron chi connectivity index (χ1n) is 8.47. The van der Waals surface area contributed by atoms with Crippen LogP contribution < -0.4 is 0 Å².